The molecule has 1 rings (SSSR count). The van der Waals surface area contributed by atoms with Gasteiger partial charge in [0, 0.05) is 13.1 Å². The van der Waals surface area contributed by atoms with Crippen LogP contribution in [0.5, 0.6) is 0 Å². The predicted octanol–water partition coefficient (Wildman–Crippen LogP) is 1.11. The molecule has 0 saturated carbocycles. The molecule has 0 amide bonds. The van der Waals surface area contributed by atoms with E-state index in [0.29, 0.717) is 32.7 Å². The highest BCUT2D eigenvalue weighted by Crippen LogP contribution is 2.00. The largest absolute Gasteiger partial charge is 0.466 e. The Morgan fingerprint density at radius 3 is 2.80 bits per heavy atom. The van der Waals surface area contributed by atoms with E-state index in [4.69, 9.17) is 9.47 Å². The number of esters is 1. The van der Waals surface area contributed by atoms with Crippen LogP contribution in [-0.4, -0.2) is 43.5 Å². The van der Waals surface area contributed by atoms with Crippen molar-refractivity contribution in [2.45, 2.75) is 26.1 Å². The molecule has 20 heavy (non-hydrogen) atoms. The average Bonchev–Trinajstić information content (AvgIpc) is 2.45. The van der Waals surface area contributed by atoms with Crippen molar-refractivity contribution in [3.63, 3.8) is 0 Å². The number of ether oxygens (including phenoxy) is 2. The van der Waals surface area contributed by atoms with Crippen molar-refractivity contribution in [3.8, 4) is 0 Å². The van der Waals surface area contributed by atoms with E-state index in [2.05, 4.69) is 5.32 Å². The molecule has 0 fully saturated rings. The Morgan fingerprint density at radius 1 is 1.35 bits per heavy atom. The predicted molar refractivity (Wildman–Crippen MR) is 76.2 cm³/mol. The Kier molecular flexibility index (Phi) is 8.62. The van der Waals surface area contributed by atoms with E-state index in [-0.39, 0.29) is 12.6 Å². The molecule has 0 heterocycles. The molecule has 5 nitrogen and oxygen atoms in total. The number of carbonyl (C=O) groups excluding carboxylic acids is 1. The van der Waals surface area contributed by atoms with Gasteiger partial charge in [-0.1, -0.05) is 30.3 Å². The molecule has 0 spiro atoms. The molecule has 0 radical (unpaired) electrons. The molecule has 0 aliphatic rings. The van der Waals surface area contributed by atoms with Crippen LogP contribution in [0.15, 0.2) is 30.3 Å². The second-order valence-corrected chi connectivity index (χ2v) is 4.41. The van der Waals surface area contributed by atoms with Gasteiger partial charge in [-0.25, -0.2) is 0 Å². The summed E-state index contributed by atoms with van der Waals surface area (Å²) < 4.78 is 10.2. The van der Waals surface area contributed by atoms with Gasteiger partial charge in [-0.15, -0.1) is 0 Å². The molecule has 2 N–H and O–H groups in total. The monoisotopic (exact) mass is 281 g/mol. The fourth-order valence-corrected chi connectivity index (χ4v) is 1.64. The van der Waals surface area contributed by atoms with Gasteiger partial charge in [-0.05, 0) is 12.5 Å². The first-order valence-corrected chi connectivity index (χ1v) is 6.88. The summed E-state index contributed by atoms with van der Waals surface area (Å²) in [5.41, 5.74) is 1.08. The first-order chi connectivity index (χ1) is 9.72. The van der Waals surface area contributed by atoms with E-state index in [1.807, 2.05) is 30.3 Å². The third kappa shape index (κ3) is 7.89. The number of hydrogen-bond donors (Lipinski definition) is 2. The van der Waals surface area contributed by atoms with Crippen LogP contribution in [0.25, 0.3) is 0 Å². The van der Waals surface area contributed by atoms with Gasteiger partial charge in [0.05, 0.1) is 32.3 Å². The van der Waals surface area contributed by atoms with E-state index in [9.17, 15) is 9.90 Å². The van der Waals surface area contributed by atoms with E-state index >= 15 is 0 Å². The second kappa shape index (κ2) is 10.4. The molecule has 1 aromatic rings. The lowest BCUT2D eigenvalue weighted by atomic mass is 10.2. The van der Waals surface area contributed by atoms with Crippen LogP contribution in [0.1, 0.15) is 18.9 Å². The third-order valence-electron chi connectivity index (χ3n) is 2.61. The maximum atomic E-state index is 11.1. The highest BCUT2D eigenvalue weighted by atomic mass is 16.5. The zero-order valence-electron chi connectivity index (χ0n) is 11.9. The smallest absolute Gasteiger partial charge is 0.307 e. The van der Waals surface area contributed by atoms with Crippen molar-refractivity contribution < 1.29 is 19.4 Å². The van der Waals surface area contributed by atoms with Crippen molar-refractivity contribution in [1.82, 2.24) is 5.32 Å². The molecule has 1 aromatic carbocycles. The molecule has 0 saturated heterocycles. The lowest BCUT2D eigenvalue weighted by molar-refractivity contribution is -0.143. The fraction of sp³-hybridized carbons (Fsp3) is 0.533. The first kappa shape index (κ1) is 16.6. The standard InChI is InChI=1S/C15H23NO4/c1-2-20-15(18)8-9-16-10-14(17)12-19-11-13-6-4-3-5-7-13/h3-7,14,16-17H,2,8-12H2,1H3. The molecule has 1 atom stereocenters. The molecule has 112 valence electrons. The van der Waals surface area contributed by atoms with Gasteiger partial charge in [0.15, 0.2) is 0 Å². The lowest BCUT2D eigenvalue weighted by Gasteiger charge is -2.12. The summed E-state index contributed by atoms with van der Waals surface area (Å²) in [4.78, 5) is 11.1. The zero-order valence-corrected chi connectivity index (χ0v) is 11.9. The Morgan fingerprint density at radius 2 is 2.10 bits per heavy atom. The van der Waals surface area contributed by atoms with Gasteiger partial charge in [0.2, 0.25) is 0 Å². The normalized spacial score (nSPS) is 12.1. The van der Waals surface area contributed by atoms with Gasteiger partial charge in [0.25, 0.3) is 0 Å². The van der Waals surface area contributed by atoms with Gasteiger partial charge >= 0.3 is 5.97 Å². The number of aliphatic hydroxyl groups excluding tert-OH is 1. The van der Waals surface area contributed by atoms with E-state index in [0.717, 1.165) is 5.56 Å². The Labute approximate surface area is 119 Å². The van der Waals surface area contributed by atoms with E-state index in [1.54, 1.807) is 6.92 Å². The van der Waals surface area contributed by atoms with Crippen LogP contribution < -0.4 is 5.32 Å². The Bertz CT molecular complexity index is 369. The first-order valence-electron chi connectivity index (χ1n) is 6.88. The highest BCUT2D eigenvalue weighted by molar-refractivity contribution is 5.69. The van der Waals surface area contributed by atoms with E-state index in [1.165, 1.54) is 0 Å². The topological polar surface area (TPSA) is 67.8 Å². The molecule has 0 aliphatic heterocycles. The fourth-order valence-electron chi connectivity index (χ4n) is 1.64. The van der Waals surface area contributed by atoms with Crippen molar-refractivity contribution >= 4 is 5.97 Å². The zero-order chi connectivity index (χ0) is 14.6. The molecule has 1 unspecified atom stereocenters. The molecule has 5 heteroatoms. The summed E-state index contributed by atoms with van der Waals surface area (Å²) in [5.74, 6) is -0.227. The number of benzene rings is 1. The van der Waals surface area contributed by atoms with Gasteiger partial charge in [-0.3, -0.25) is 4.79 Å². The lowest BCUT2D eigenvalue weighted by Crippen LogP contribution is -2.31. The minimum atomic E-state index is -0.582. The highest BCUT2D eigenvalue weighted by Gasteiger charge is 2.05. The van der Waals surface area contributed by atoms with Crippen LogP contribution in [0.3, 0.4) is 0 Å². The summed E-state index contributed by atoms with van der Waals surface area (Å²) >= 11 is 0. The number of nitrogens with one attached hydrogen (secondary N) is 1. The third-order valence-corrected chi connectivity index (χ3v) is 2.61. The minimum absolute atomic E-state index is 0.227. The maximum Gasteiger partial charge on any atom is 0.307 e. The second-order valence-electron chi connectivity index (χ2n) is 4.41. The molecule has 0 aliphatic carbocycles. The number of carbonyl (C=O) groups is 1. The van der Waals surface area contributed by atoms with Crippen LogP contribution in [-0.2, 0) is 20.9 Å². The van der Waals surface area contributed by atoms with Crippen LogP contribution in [0, 0.1) is 0 Å². The Balaban J connectivity index is 2.00. The Hall–Kier alpha value is -1.43. The number of aliphatic hydroxyl groups is 1. The van der Waals surface area contributed by atoms with Crippen molar-refractivity contribution in [2.24, 2.45) is 0 Å². The molecular weight excluding hydrogens is 258 g/mol. The average molecular weight is 281 g/mol. The van der Waals surface area contributed by atoms with Crippen LogP contribution in [0.4, 0.5) is 0 Å². The maximum absolute atomic E-state index is 11.1. The SMILES string of the molecule is CCOC(=O)CCNCC(O)COCc1ccccc1. The number of rotatable bonds is 10. The molecule has 0 bridgehead atoms. The summed E-state index contributed by atoms with van der Waals surface area (Å²) in [6.45, 7) is 3.82. The van der Waals surface area contributed by atoms with Gasteiger partial charge < -0.3 is 19.9 Å². The van der Waals surface area contributed by atoms with Gasteiger partial charge in [-0.2, -0.15) is 0 Å². The summed E-state index contributed by atoms with van der Waals surface area (Å²) in [7, 11) is 0. The summed E-state index contributed by atoms with van der Waals surface area (Å²) in [6.07, 6.45) is -0.272. The van der Waals surface area contributed by atoms with Crippen molar-refractivity contribution in [2.75, 3.05) is 26.3 Å². The number of hydrogen-bond acceptors (Lipinski definition) is 5. The van der Waals surface area contributed by atoms with E-state index < -0.39 is 6.10 Å². The molecule has 0 aromatic heterocycles. The molecular formula is C15H23NO4. The van der Waals surface area contributed by atoms with Gasteiger partial charge in [0.1, 0.15) is 0 Å². The van der Waals surface area contributed by atoms with Crippen molar-refractivity contribution in [1.29, 1.82) is 0 Å². The summed E-state index contributed by atoms with van der Waals surface area (Å²) in [5, 5.41) is 12.7. The van der Waals surface area contributed by atoms with Crippen molar-refractivity contribution in [3.05, 3.63) is 35.9 Å². The minimum Gasteiger partial charge on any atom is -0.466 e. The quantitative estimate of drug-likeness (QED) is 0.497. The summed E-state index contributed by atoms with van der Waals surface area (Å²) in [6, 6.07) is 9.80. The van der Waals surface area contributed by atoms with Crippen LogP contribution in [0.2, 0.25) is 0 Å². The van der Waals surface area contributed by atoms with Crippen LogP contribution >= 0.6 is 0 Å².